The van der Waals surface area contributed by atoms with Crippen molar-refractivity contribution >= 4 is 5.97 Å². The third-order valence-corrected chi connectivity index (χ3v) is 2.90. The Labute approximate surface area is 116 Å². The summed E-state index contributed by atoms with van der Waals surface area (Å²) in [5.74, 6) is -0.483. The number of aromatic carboxylic acids is 1. The second-order valence-corrected chi connectivity index (χ2v) is 4.29. The zero-order chi connectivity index (χ0) is 14.7. The van der Waals surface area contributed by atoms with Crippen LogP contribution in [0.4, 0.5) is 0 Å². The van der Waals surface area contributed by atoms with Gasteiger partial charge in [-0.2, -0.15) is 0 Å². The highest BCUT2D eigenvalue weighted by Gasteiger charge is 2.11. The summed E-state index contributed by atoms with van der Waals surface area (Å²) in [7, 11) is 0. The molecule has 0 fully saturated rings. The number of carboxylic acids is 1. The van der Waals surface area contributed by atoms with Gasteiger partial charge in [0.25, 0.3) is 0 Å². The van der Waals surface area contributed by atoms with E-state index >= 15 is 0 Å². The molecule has 1 N–H and O–H groups in total. The third kappa shape index (κ3) is 2.71. The summed E-state index contributed by atoms with van der Waals surface area (Å²) in [6.07, 6.45) is 1.34. The Bertz CT molecular complexity index is 686. The van der Waals surface area contributed by atoms with E-state index in [4.69, 9.17) is 9.84 Å². The number of carboxylic acid groups (broad SMARTS) is 1. The molecule has 0 bridgehead atoms. The number of benzene rings is 1. The van der Waals surface area contributed by atoms with Crippen LogP contribution in [0.25, 0.3) is 5.69 Å². The van der Waals surface area contributed by atoms with Gasteiger partial charge in [-0.3, -0.25) is 4.79 Å². The molecule has 0 atom stereocenters. The standard InChI is InChI=1S/C15H15NO4/c1-3-20-12-6-4-11(5-7-12)16-9-13(15(18)19)14(17)8-10(16)2/h4-9H,3H2,1-2H3,(H,18,19). The molecule has 2 aromatic rings. The van der Waals surface area contributed by atoms with Crippen molar-refractivity contribution in [1.29, 1.82) is 0 Å². The molecule has 0 aliphatic rings. The van der Waals surface area contributed by atoms with E-state index in [1.54, 1.807) is 23.6 Å². The lowest BCUT2D eigenvalue weighted by Gasteiger charge is -2.12. The molecule has 5 heteroatoms. The first kappa shape index (κ1) is 13.9. The molecule has 0 saturated carbocycles. The van der Waals surface area contributed by atoms with Crippen molar-refractivity contribution in [2.45, 2.75) is 13.8 Å². The summed E-state index contributed by atoms with van der Waals surface area (Å²) in [6.45, 7) is 4.24. The van der Waals surface area contributed by atoms with Crippen LogP contribution >= 0.6 is 0 Å². The van der Waals surface area contributed by atoms with Crippen LogP contribution < -0.4 is 10.2 Å². The number of pyridine rings is 1. The predicted octanol–water partition coefficient (Wildman–Crippen LogP) is 2.24. The summed E-state index contributed by atoms with van der Waals surface area (Å²) in [6, 6.07) is 8.55. The quantitative estimate of drug-likeness (QED) is 0.927. The molecule has 0 unspecified atom stereocenters. The van der Waals surface area contributed by atoms with Crippen molar-refractivity contribution < 1.29 is 14.6 Å². The molecule has 2 rings (SSSR count). The van der Waals surface area contributed by atoms with E-state index in [0.717, 1.165) is 11.4 Å². The Morgan fingerprint density at radius 1 is 1.30 bits per heavy atom. The molecule has 0 aliphatic carbocycles. The Hall–Kier alpha value is -2.56. The largest absolute Gasteiger partial charge is 0.494 e. The van der Waals surface area contributed by atoms with Gasteiger partial charge in [-0.05, 0) is 38.1 Å². The zero-order valence-electron chi connectivity index (χ0n) is 11.3. The average molecular weight is 273 g/mol. The van der Waals surface area contributed by atoms with Crippen LogP contribution in [0, 0.1) is 6.92 Å². The minimum Gasteiger partial charge on any atom is -0.494 e. The molecule has 0 spiro atoms. The molecule has 5 nitrogen and oxygen atoms in total. The van der Waals surface area contributed by atoms with Crippen molar-refractivity contribution in [3.8, 4) is 11.4 Å². The first-order valence-electron chi connectivity index (χ1n) is 6.22. The van der Waals surface area contributed by atoms with E-state index in [1.807, 2.05) is 19.1 Å². The van der Waals surface area contributed by atoms with Crippen molar-refractivity contribution in [3.63, 3.8) is 0 Å². The van der Waals surface area contributed by atoms with Crippen LogP contribution in [0.2, 0.25) is 0 Å². The maximum atomic E-state index is 11.6. The number of hydrogen-bond donors (Lipinski definition) is 1. The molecular formula is C15H15NO4. The fourth-order valence-corrected chi connectivity index (χ4v) is 1.94. The number of hydrogen-bond acceptors (Lipinski definition) is 3. The van der Waals surface area contributed by atoms with E-state index in [1.165, 1.54) is 12.3 Å². The van der Waals surface area contributed by atoms with Crippen molar-refractivity contribution in [2.75, 3.05) is 6.61 Å². The molecule has 1 aromatic heterocycles. The van der Waals surface area contributed by atoms with Crippen LogP contribution in [0.15, 0.2) is 41.3 Å². The van der Waals surface area contributed by atoms with E-state index in [9.17, 15) is 9.59 Å². The summed E-state index contributed by atoms with van der Waals surface area (Å²) in [5, 5.41) is 9.01. The predicted molar refractivity (Wildman–Crippen MR) is 74.9 cm³/mol. The molecular weight excluding hydrogens is 258 g/mol. The second-order valence-electron chi connectivity index (χ2n) is 4.29. The van der Waals surface area contributed by atoms with Crippen molar-refractivity contribution in [3.05, 3.63) is 58.0 Å². The lowest BCUT2D eigenvalue weighted by molar-refractivity contribution is 0.0695. The molecule has 0 saturated heterocycles. The summed E-state index contributed by atoms with van der Waals surface area (Å²) in [5.41, 5.74) is 0.708. The molecule has 1 heterocycles. The van der Waals surface area contributed by atoms with Crippen molar-refractivity contribution in [1.82, 2.24) is 4.57 Å². The maximum absolute atomic E-state index is 11.6. The van der Waals surface area contributed by atoms with Crippen molar-refractivity contribution in [2.24, 2.45) is 0 Å². The number of carbonyl (C=O) groups is 1. The van der Waals surface area contributed by atoms with Crippen LogP contribution in [-0.4, -0.2) is 22.2 Å². The molecule has 20 heavy (non-hydrogen) atoms. The van der Waals surface area contributed by atoms with Gasteiger partial charge in [-0.25, -0.2) is 4.79 Å². The first-order chi connectivity index (χ1) is 9.52. The Balaban J connectivity index is 2.49. The zero-order valence-corrected chi connectivity index (χ0v) is 11.3. The number of aryl methyl sites for hydroxylation is 1. The van der Waals surface area contributed by atoms with E-state index in [2.05, 4.69) is 0 Å². The fourth-order valence-electron chi connectivity index (χ4n) is 1.94. The molecule has 104 valence electrons. The summed E-state index contributed by atoms with van der Waals surface area (Å²) < 4.78 is 7.02. The average Bonchev–Trinajstić information content (AvgIpc) is 2.40. The Kier molecular flexibility index (Phi) is 3.89. The van der Waals surface area contributed by atoms with Gasteiger partial charge in [0.2, 0.25) is 0 Å². The summed E-state index contributed by atoms with van der Waals surface area (Å²) in [4.78, 5) is 22.6. The van der Waals surface area contributed by atoms with E-state index < -0.39 is 11.4 Å². The summed E-state index contributed by atoms with van der Waals surface area (Å²) >= 11 is 0. The van der Waals surface area contributed by atoms with Gasteiger partial charge in [-0.15, -0.1) is 0 Å². The number of nitrogens with zero attached hydrogens (tertiary/aromatic N) is 1. The number of rotatable bonds is 4. The first-order valence-corrected chi connectivity index (χ1v) is 6.22. The van der Waals surface area contributed by atoms with Crippen LogP contribution in [-0.2, 0) is 0 Å². The molecule has 0 aliphatic heterocycles. The SMILES string of the molecule is CCOc1ccc(-n2cc(C(=O)O)c(=O)cc2C)cc1. The topological polar surface area (TPSA) is 68.5 Å². The minimum atomic E-state index is -1.23. The fraction of sp³-hybridized carbons (Fsp3) is 0.200. The van der Waals surface area contributed by atoms with Gasteiger partial charge in [0, 0.05) is 23.6 Å². The van der Waals surface area contributed by atoms with Crippen LogP contribution in [0.1, 0.15) is 23.0 Å². The van der Waals surface area contributed by atoms with Gasteiger partial charge in [0.15, 0.2) is 5.43 Å². The Morgan fingerprint density at radius 2 is 1.95 bits per heavy atom. The highest BCUT2D eigenvalue weighted by Crippen LogP contribution is 2.16. The van der Waals surface area contributed by atoms with Gasteiger partial charge in [0.1, 0.15) is 11.3 Å². The lowest BCUT2D eigenvalue weighted by Crippen LogP contribution is -2.18. The Morgan fingerprint density at radius 3 is 2.50 bits per heavy atom. The van der Waals surface area contributed by atoms with Crippen LogP contribution in [0.5, 0.6) is 5.75 Å². The van der Waals surface area contributed by atoms with Gasteiger partial charge in [0.05, 0.1) is 6.61 Å². The molecule has 1 aromatic carbocycles. The van der Waals surface area contributed by atoms with E-state index in [-0.39, 0.29) is 5.56 Å². The van der Waals surface area contributed by atoms with Gasteiger partial charge < -0.3 is 14.4 Å². The monoisotopic (exact) mass is 273 g/mol. The lowest BCUT2D eigenvalue weighted by atomic mass is 10.2. The molecule has 0 amide bonds. The number of ether oxygens (including phenoxy) is 1. The second kappa shape index (κ2) is 5.61. The van der Waals surface area contributed by atoms with Gasteiger partial charge >= 0.3 is 5.97 Å². The highest BCUT2D eigenvalue weighted by atomic mass is 16.5. The maximum Gasteiger partial charge on any atom is 0.341 e. The normalized spacial score (nSPS) is 10.3. The highest BCUT2D eigenvalue weighted by molar-refractivity contribution is 5.87. The van der Waals surface area contributed by atoms with E-state index in [0.29, 0.717) is 12.3 Å². The number of aromatic nitrogens is 1. The molecule has 0 radical (unpaired) electrons. The third-order valence-electron chi connectivity index (χ3n) is 2.90. The van der Waals surface area contributed by atoms with Gasteiger partial charge in [-0.1, -0.05) is 0 Å². The minimum absolute atomic E-state index is 0.246. The smallest absolute Gasteiger partial charge is 0.341 e. The van der Waals surface area contributed by atoms with Crippen LogP contribution in [0.3, 0.4) is 0 Å².